The van der Waals surface area contributed by atoms with Gasteiger partial charge in [-0.25, -0.2) is 0 Å². The van der Waals surface area contributed by atoms with Gasteiger partial charge in [-0.2, -0.15) is 0 Å². The molecule has 4 heterocycles. The van der Waals surface area contributed by atoms with Crippen LogP contribution in [0.5, 0.6) is 0 Å². The molecule has 0 saturated heterocycles. The van der Waals surface area contributed by atoms with Crippen molar-refractivity contribution in [3.63, 3.8) is 0 Å². The summed E-state index contributed by atoms with van der Waals surface area (Å²) in [7, 11) is 0. The van der Waals surface area contributed by atoms with Crippen LogP contribution in [0.3, 0.4) is 0 Å². The molecular weight excluding hydrogens is 849 g/mol. The van der Waals surface area contributed by atoms with Crippen molar-refractivity contribution in [3.8, 4) is 22.3 Å². The zero-order chi connectivity index (χ0) is 66.8. The molecule has 0 aliphatic heterocycles. The predicted octanol–water partition coefficient (Wildman–Crippen LogP) is 18.3. The first kappa shape index (κ1) is 22.2. The lowest BCUT2D eigenvalue weighted by Crippen LogP contribution is -2.10. The molecule has 0 atom stereocenters. The minimum Gasteiger partial charge on any atom is -0.310 e. The summed E-state index contributed by atoms with van der Waals surface area (Å²) >= 11 is 0. The molecule has 326 valence electrons. The largest absolute Gasteiger partial charge is 0.310 e. The summed E-state index contributed by atoms with van der Waals surface area (Å²) in [5.74, 6) is 0. The fraction of sp³-hybridized carbons (Fsp3) is 0. The normalized spacial score (nSPS) is 16.8. The Morgan fingerprint density at radius 3 is 1.14 bits per heavy atom. The van der Waals surface area contributed by atoms with E-state index in [1.54, 1.807) is 72.8 Å². The van der Waals surface area contributed by atoms with Crippen LogP contribution >= 0.6 is 0 Å². The van der Waals surface area contributed by atoms with Gasteiger partial charge in [-0.15, -0.1) is 0 Å². The predicted molar refractivity (Wildman–Crippen MR) is 296 cm³/mol. The summed E-state index contributed by atoms with van der Waals surface area (Å²) in [5.41, 5.74) is -0.722. The van der Waals surface area contributed by atoms with Crippen LogP contribution in [0.1, 0.15) is 32.9 Å². The number of anilines is 6. The van der Waals surface area contributed by atoms with Crippen molar-refractivity contribution in [3.05, 3.63) is 254 Å². The average Bonchev–Trinajstić information content (AvgIpc) is 1.49. The first-order chi connectivity index (χ1) is 44.8. The Kier molecular flexibility index (Phi) is 4.77. The fourth-order valence-electron chi connectivity index (χ4n) is 10.1. The number of nitrogens with zero attached hydrogens (tertiary/aromatic N) is 4. The van der Waals surface area contributed by atoms with E-state index in [0.29, 0.717) is 22.3 Å². The second-order valence-electron chi connectivity index (χ2n) is 16.7. The maximum Gasteiger partial charge on any atom is 0.0653 e. The Labute approximate surface area is 437 Å². The van der Waals surface area contributed by atoms with Gasteiger partial charge < -0.3 is 18.6 Å². The third-order valence-corrected chi connectivity index (χ3v) is 13.0. The lowest BCUT2D eigenvalue weighted by molar-refractivity contribution is 1.29. The molecule has 0 aliphatic rings. The number of hydrogen-bond acceptors (Lipinski definition) is 2. The zero-order valence-corrected chi connectivity index (χ0v) is 36.2. The summed E-state index contributed by atoms with van der Waals surface area (Å²) in [6, 6.07) is 13.8. The smallest absolute Gasteiger partial charge is 0.0653 e. The van der Waals surface area contributed by atoms with E-state index in [2.05, 4.69) is 0 Å². The van der Waals surface area contributed by atoms with Crippen LogP contribution in [-0.4, -0.2) is 8.80 Å². The van der Waals surface area contributed by atoms with Crippen LogP contribution in [0.2, 0.25) is 0 Å². The monoisotopic (exact) mass is 914 g/mol. The van der Waals surface area contributed by atoms with E-state index in [0.717, 1.165) is 0 Å². The highest BCUT2D eigenvalue weighted by Gasteiger charge is 2.27. The lowest BCUT2D eigenvalue weighted by atomic mass is 10.0. The van der Waals surface area contributed by atoms with Crippen molar-refractivity contribution in [1.82, 2.24) is 8.80 Å². The van der Waals surface area contributed by atoms with Crippen molar-refractivity contribution in [1.29, 1.82) is 0 Å². The Hall–Kier alpha value is -9.38. The van der Waals surface area contributed by atoms with E-state index in [4.69, 9.17) is 8.22 Å². The van der Waals surface area contributed by atoms with Gasteiger partial charge in [0.05, 0.1) is 77.4 Å². The van der Waals surface area contributed by atoms with Gasteiger partial charge in [0.2, 0.25) is 0 Å². The van der Waals surface area contributed by atoms with E-state index in [9.17, 15) is 24.7 Å². The van der Waals surface area contributed by atoms with Gasteiger partial charge >= 0.3 is 0 Å². The first-order valence-electron chi connectivity index (χ1n) is 34.1. The van der Waals surface area contributed by atoms with E-state index >= 15 is 0 Å². The average molecular weight is 915 g/mol. The third-order valence-electron chi connectivity index (χ3n) is 13.0. The molecule has 0 N–H and O–H groups in total. The molecule has 0 amide bonds. The maximum absolute atomic E-state index is 10.6. The van der Waals surface area contributed by atoms with E-state index in [1.165, 1.54) is 30.7 Å². The van der Waals surface area contributed by atoms with Crippen molar-refractivity contribution in [2.75, 3.05) is 9.80 Å². The topological polar surface area (TPSA) is 15.3 Å². The summed E-state index contributed by atoms with van der Waals surface area (Å²) in [6.07, 6.45) is 0. The zero-order valence-electron chi connectivity index (χ0n) is 60.2. The van der Waals surface area contributed by atoms with Crippen molar-refractivity contribution in [2.24, 2.45) is 0 Å². The van der Waals surface area contributed by atoms with Gasteiger partial charge in [-0.1, -0.05) is 170 Å². The van der Waals surface area contributed by atoms with Crippen LogP contribution in [-0.2, 0) is 0 Å². The summed E-state index contributed by atoms with van der Waals surface area (Å²) in [4.78, 5) is 2.35. The van der Waals surface area contributed by atoms with Crippen LogP contribution in [0.4, 0.5) is 34.1 Å². The van der Waals surface area contributed by atoms with Gasteiger partial charge in [0.1, 0.15) is 0 Å². The van der Waals surface area contributed by atoms with E-state index in [-0.39, 0.29) is 87.6 Å². The maximum atomic E-state index is 10.6. The number of aromatic nitrogens is 2. The molecule has 11 aromatic carbocycles. The molecule has 4 heteroatoms. The Morgan fingerprint density at radius 2 is 0.700 bits per heavy atom. The van der Waals surface area contributed by atoms with Gasteiger partial charge in [0.25, 0.3) is 0 Å². The SMILES string of the molecule is [2H]c1c([2H])c([2H])c(N(c2cccc(-c3ccccc3)c2)c2c([2H])c([2H])c([2H])c3c2c2c([2H])c([2H])c([2H])c4c5c([2H])c6c(c([2H])c5n3c24)c2c([2H])c([2H])c([2H])c3c4c(N(c5cccc(-c7ccccc7)c5)c5c([2H])c([2H])c([2H])c([2H])c5[2H])c([2H])c([2H])c([2H])c4n6c32)c([2H])c1[2H]. The molecule has 0 unspecified atom stereocenters. The molecule has 0 spiro atoms. The summed E-state index contributed by atoms with van der Waals surface area (Å²) in [6.45, 7) is 0. The van der Waals surface area contributed by atoms with Gasteiger partial charge in [0.15, 0.2) is 0 Å². The molecule has 0 aliphatic carbocycles. The minimum absolute atomic E-state index is 0.0835. The molecule has 4 nitrogen and oxygen atoms in total. The highest BCUT2D eigenvalue weighted by Crippen LogP contribution is 2.50. The highest BCUT2D eigenvalue weighted by molar-refractivity contribution is 6.31. The Bertz CT molecular complexity index is 5510. The highest BCUT2D eigenvalue weighted by atomic mass is 15.2. The Balaban J connectivity index is 1.13. The van der Waals surface area contributed by atoms with Crippen LogP contribution in [0, 0.1) is 0 Å². The van der Waals surface area contributed by atoms with Crippen LogP contribution in [0.15, 0.2) is 254 Å². The molecule has 0 bridgehead atoms. The van der Waals surface area contributed by atoms with E-state index < -0.39 is 168 Å². The molecule has 0 fully saturated rings. The summed E-state index contributed by atoms with van der Waals surface area (Å²) in [5, 5.41) is -2.10. The van der Waals surface area contributed by atoms with Crippen LogP contribution < -0.4 is 9.80 Å². The minimum atomic E-state index is -0.790. The second-order valence-corrected chi connectivity index (χ2v) is 16.7. The van der Waals surface area contributed by atoms with Crippen molar-refractivity contribution in [2.45, 2.75) is 0 Å². The van der Waals surface area contributed by atoms with Crippen molar-refractivity contribution < 1.29 is 32.9 Å². The fourth-order valence-corrected chi connectivity index (χ4v) is 10.1. The number of fused-ring (bicyclic) bond motifs is 12. The molecule has 4 aromatic heterocycles. The number of rotatable bonds is 8. The molecule has 15 aromatic rings. The number of para-hydroxylation sites is 4. The molecule has 70 heavy (non-hydrogen) atoms. The quantitative estimate of drug-likeness (QED) is 0.151. The number of hydrogen-bond donors (Lipinski definition) is 0. The molecule has 0 radical (unpaired) electrons. The Morgan fingerprint density at radius 1 is 0.300 bits per heavy atom. The molecular formula is C66H42N4. The molecule has 15 rings (SSSR count). The van der Waals surface area contributed by atoms with Gasteiger partial charge in [0, 0.05) is 65.8 Å². The van der Waals surface area contributed by atoms with E-state index in [1.807, 2.05) is 24.3 Å². The summed E-state index contributed by atoms with van der Waals surface area (Å²) < 4.78 is 231. The van der Waals surface area contributed by atoms with Crippen LogP contribution in [0.25, 0.3) is 98.4 Å². The molecule has 0 saturated carbocycles. The van der Waals surface area contributed by atoms with Crippen molar-refractivity contribution >= 4 is 110 Å². The van der Waals surface area contributed by atoms with Gasteiger partial charge in [-0.05, 0) is 107 Å². The number of benzene rings is 11. The van der Waals surface area contributed by atoms with Gasteiger partial charge in [-0.3, -0.25) is 0 Å². The first-order valence-corrected chi connectivity index (χ1v) is 22.1. The lowest BCUT2D eigenvalue weighted by Gasteiger charge is -2.27. The second kappa shape index (κ2) is 15.1. The third kappa shape index (κ3) is 5.59. The standard InChI is InChI=1S/C66H42N4/c1-5-19-43(20-6-1)45-23-13-29-49(39-45)67(47-25-9-3-10-26-47)57-35-17-37-59-63(57)53-33-15-31-51-55-42-62-56(41-61(55)69(59)65(51)53)52-32-16-34-54-64-58(36-18-38-60(64)70(62)66(52)54)68(48-27-11-4-12-28-48)50-30-14-24-46(40-50)44-21-7-2-8-22-44/h1-42H/i3D,4D,9D,10D,11D,12D,15D,16D,17D,18D,25D,26D,27D,28D,31D,32D,33D,34D,35D,36D,37D,38D,41D,42D.